The summed E-state index contributed by atoms with van der Waals surface area (Å²) in [6.07, 6.45) is 2.01. The van der Waals surface area contributed by atoms with E-state index in [0.29, 0.717) is 37.2 Å². The number of piperidine rings is 1. The van der Waals surface area contributed by atoms with Crippen LogP contribution in [0.1, 0.15) is 50.6 Å². The standard InChI is InChI=1S/C23H22N2O5/c24-12-14-2-1-3-16(10-14)15-6-8-25(9-7-15)22(28)18-11-17-4-5-20(27)19(13-26)21(17)30-23(18)29/h1-5,10-11,13,15,27H,6-9,12,24H2. The van der Waals surface area contributed by atoms with Crippen molar-refractivity contribution in [2.45, 2.75) is 25.3 Å². The van der Waals surface area contributed by atoms with E-state index in [1.54, 1.807) is 4.90 Å². The van der Waals surface area contributed by atoms with Crippen LogP contribution in [0.5, 0.6) is 5.75 Å². The normalized spacial score (nSPS) is 14.8. The molecule has 1 fully saturated rings. The summed E-state index contributed by atoms with van der Waals surface area (Å²) in [7, 11) is 0. The molecule has 0 aliphatic carbocycles. The molecule has 7 heteroatoms. The quantitative estimate of drug-likeness (QED) is 0.509. The second kappa shape index (κ2) is 8.12. The summed E-state index contributed by atoms with van der Waals surface area (Å²) in [5.74, 6) is -0.326. The Morgan fingerprint density at radius 1 is 1.20 bits per heavy atom. The van der Waals surface area contributed by atoms with Gasteiger partial charge in [0.2, 0.25) is 0 Å². The van der Waals surface area contributed by atoms with Gasteiger partial charge in [-0.25, -0.2) is 4.79 Å². The zero-order chi connectivity index (χ0) is 21.3. The van der Waals surface area contributed by atoms with Gasteiger partial charge in [-0.1, -0.05) is 24.3 Å². The number of rotatable bonds is 4. The minimum atomic E-state index is -0.820. The predicted molar refractivity (Wildman–Crippen MR) is 112 cm³/mol. The van der Waals surface area contributed by atoms with Gasteiger partial charge in [0.15, 0.2) is 11.9 Å². The molecule has 0 unspecified atom stereocenters. The molecule has 1 aromatic heterocycles. The van der Waals surface area contributed by atoms with Gasteiger partial charge >= 0.3 is 5.63 Å². The van der Waals surface area contributed by atoms with E-state index in [1.165, 1.54) is 23.8 Å². The molecule has 0 atom stereocenters. The van der Waals surface area contributed by atoms with Crippen LogP contribution in [-0.4, -0.2) is 35.3 Å². The summed E-state index contributed by atoms with van der Waals surface area (Å²) in [4.78, 5) is 38.2. The molecule has 0 radical (unpaired) electrons. The summed E-state index contributed by atoms with van der Waals surface area (Å²) < 4.78 is 5.22. The van der Waals surface area contributed by atoms with Crippen LogP contribution in [0.2, 0.25) is 0 Å². The summed E-state index contributed by atoms with van der Waals surface area (Å²) >= 11 is 0. The van der Waals surface area contributed by atoms with Crippen molar-refractivity contribution in [2.75, 3.05) is 13.1 Å². The van der Waals surface area contributed by atoms with Crippen LogP contribution >= 0.6 is 0 Å². The first-order valence-corrected chi connectivity index (χ1v) is 9.85. The first-order valence-electron chi connectivity index (χ1n) is 9.85. The lowest BCUT2D eigenvalue weighted by atomic mass is 9.88. The van der Waals surface area contributed by atoms with Crippen LogP contribution in [0.25, 0.3) is 11.0 Å². The van der Waals surface area contributed by atoms with E-state index in [0.717, 1.165) is 18.4 Å². The molecule has 7 nitrogen and oxygen atoms in total. The second-order valence-corrected chi connectivity index (χ2v) is 7.50. The number of hydrogen-bond donors (Lipinski definition) is 2. The van der Waals surface area contributed by atoms with Crippen LogP contribution in [0.3, 0.4) is 0 Å². The van der Waals surface area contributed by atoms with E-state index in [9.17, 15) is 19.5 Å². The van der Waals surface area contributed by atoms with Crippen molar-refractivity contribution in [3.8, 4) is 5.75 Å². The highest BCUT2D eigenvalue weighted by Gasteiger charge is 2.27. The van der Waals surface area contributed by atoms with Crippen LogP contribution in [-0.2, 0) is 6.54 Å². The molecule has 3 aromatic rings. The maximum absolute atomic E-state index is 13.0. The molecule has 2 heterocycles. The van der Waals surface area contributed by atoms with E-state index in [4.69, 9.17) is 10.2 Å². The van der Waals surface area contributed by atoms with Gasteiger partial charge in [-0.15, -0.1) is 0 Å². The second-order valence-electron chi connectivity index (χ2n) is 7.50. The lowest BCUT2D eigenvalue weighted by molar-refractivity contribution is 0.0709. The van der Waals surface area contributed by atoms with E-state index in [2.05, 4.69) is 12.1 Å². The van der Waals surface area contributed by atoms with Gasteiger partial charge in [0.25, 0.3) is 5.91 Å². The van der Waals surface area contributed by atoms with Gasteiger partial charge in [-0.2, -0.15) is 0 Å². The van der Waals surface area contributed by atoms with Crippen molar-refractivity contribution in [3.05, 3.63) is 75.1 Å². The smallest absolute Gasteiger partial charge is 0.349 e. The molecule has 0 bridgehead atoms. The third-order valence-electron chi connectivity index (χ3n) is 5.71. The highest BCUT2D eigenvalue weighted by atomic mass is 16.4. The number of carbonyl (C=O) groups excluding carboxylic acids is 2. The Morgan fingerprint density at radius 3 is 2.67 bits per heavy atom. The Kier molecular flexibility index (Phi) is 5.37. The number of aromatic hydroxyl groups is 1. The largest absolute Gasteiger partial charge is 0.507 e. The number of amides is 1. The molecule has 1 amide bonds. The van der Waals surface area contributed by atoms with Crippen molar-refractivity contribution < 1.29 is 19.1 Å². The first kappa shape index (κ1) is 19.8. The molecule has 0 spiro atoms. The molecule has 2 aromatic carbocycles. The molecule has 1 aliphatic rings. The molecule has 0 saturated carbocycles. The van der Waals surface area contributed by atoms with Crippen molar-refractivity contribution in [3.63, 3.8) is 0 Å². The highest BCUT2D eigenvalue weighted by molar-refractivity contribution is 6.01. The van der Waals surface area contributed by atoms with Gasteiger partial charge in [0.05, 0.1) is 5.56 Å². The van der Waals surface area contributed by atoms with E-state index < -0.39 is 5.63 Å². The third-order valence-corrected chi connectivity index (χ3v) is 5.71. The first-order chi connectivity index (χ1) is 14.5. The number of hydrogen-bond acceptors (Lipinski definition) is 6. The van der Waals surface area contributed by atoms with Crippen LogP contribution in [0.4, 0.5) is 0 Å². The van der Waals surface area contributed by atoms with Crippen molar-refractivity contribution in [1.29, 1.82) is 0 Å². The maximum Gasteiger partial charge on any atom is 0.349 e. The van der Waals surface area contributed by atoms with Gasteiger partial charge in [-0.3, -0.25) is 9.59 Å². The molecule has 1 aliphatic heterocycles. The predicted octanol–water partition coefficient (Wildman–Crippen LogP) is 2.79. The Balaban J connectivity index is 1.55. The Morgan fingerprint density at radius 2 is 1.97 bits per heavy atom. The number of nitrogens with two attached hydrogens (primary N) is 1. The molecule has 30 heavy (non-hydrogen) atoms. The van der Waals surface area contributed by atoms with E-state index >= 15 is 0 Å². The van der Waals surface area contributed by atoms with E-state index in [-0.39, 0.29) is 28.4 Å². The number of phenols is 1. The SMILES string of the molecule is NCc1cccc(C2CCN(C(=O)c3cc4ccc(O)c(C=O)c4oc3=O)CC2)c1. The van der Waals surface area contributed by atoms with Gasteiger partial charge in [0.1, 0.15) is 11.3 Å². The summed E-state index contributed by atoms with van der Waals surface area (Å²) in [6, 6.07) is 12.5. The number of carbonyl (C=O) groups is 2. The minimum absolute atomic E-state index is 0.0231. The maximum atomic E-state index is 13.0. The number of likely N-dealkylation sites (tertiary alicyclic amines) is 1. The van der Waals surface area contributed by atoms with Gasteiger partial charge in [0, 0.05) is 25.0 Å². The Labute approximate surface area is 172 Å². The summed E-state index contributed by atoms with van der Waals surface area (Å²) in [5.41, 5.74) is 7.01. The zero-order valence-corrected chi connectivity index (χ0v) is 16.3. The Hall–Kier alpha value is -3.45. The minimum Gasteiger partial charge on any atom is -0.507 e. The number of aldehydes is 1. The van der Waals surface area contributed by atoms with Gasteiger partial charge in [-0.05, 0) is 48.1 Å². The molecule has 3 N–H and O–H groups in total. The molecule has 4 rings (SSSR count). The van der Waals surface area contributed by atoms with Crippen molar-refractivity contribution in [1.82, 2.24) is 4.90 Å². The topological polar surface area (TPSA) is 114 Å². The van der Waals surface area contributed by atoms with E-state index in [1.807, 2.05) is 12.1 Å². The molecular formula is C23H22N2O5. The summed E-state index contributed by atoms with van der Waals surface area (Å²) in [6.45, 7) is 1.55. The summed E-state index contributed by atoms with van der Waals surface area (Å²) in [5, 5.41) is 10.2. The lowest BCUT2D eigenvalue weighted by Gasteiger charge is -2.32. The Bertz CT molecular complexity index is 1180. The average Bonchev–Trinajstić information content (AvgIpc) is 2.78. The van der Waals surface area contributed by atoms with Crippen molar-refractivity contribution >= 4 is 23.2 Å². The molecule has 154 valence electrons. The average molecular weight is 406 g/mol. The number of benzene rings is 2. The lowest BCUT2D eigenvalue weighted by Crippen LogP contribution is -2.39. The fraction of sp³-hybridized carbons (Fsp3) is 0.261. The fourth-order valence-electron chi connectivity index (χ4n) is 4.02. The number of fused-ring (bicyclic) bond motifs is 1. The van der Waals surface area contributed by atoms with Crippen LogP contribution < -0.4 is 11.4 Å². The molecule has 1 saturated heterocycles. The molecular weight excluding hydrogens is 384 g/mol. The van der Waals surface area contributed by atoms with Gasteiger partial charge < -0.3 is 20.2 Å². The highest BCUT2D eigenvalue weighted by Crippen LogP contribution is 2.30. The monoisotopic (exact) mass is 406 g/mol. The fourth-order valence-corrected chi connectivity index (χ4v) is 4.02. The number of nitrogens with zero attached hydrogens (tertiary/aromatic N) is 1. The third kappa shape index (κ3) is 3.59. The zero-order valence-electron chi connectivity index (χ0n) is 16.3. The van der Waals surface area contributed by atoms with Crippen LogP contribution in [0, 0.1) is 0 Å². The van der Waals surface area contributed by atoms with Crippen molar-refractivity contribution in [2.24, 2.45) is 5.73 Å². The van der Waals surface area contributed by atoms with Crippen LogP contribution in [0.15, 0.2) is 51.7 Å². The number of phenolic OH excluding ortho intramolecular Hbond substituents is 1.